The van der Waals surface area contributed by atoms with E-state index in [4.69, 9.17) is 9.84 Å². The Hall–Kier alpha value is -1.09. The molecule has 0 aliphatic carbocycles. The van der Waals surface area contributed by atoms with Crippen molar-refractivity contribution in [1.82, 2.24) is 5.32 Å². The second-order valence-corrected chi connectivity index (χ2v) is 3.92. The Kier molecular flexibility index (Phi) is 4.94. The molecule has 0 aromatic carbocycles. The normalized spacial score (nSPS) is 37.5. The first-order chi connectivity index (χ1) is 8.04. The van der Waals surface area contributed by atoms with E-state index in [1.165, 1.54) is 6.92 Å². The van der Waals surface area contributed by atoms with Gasteiger partial charge < -0.3 is 25.4 Å². The van der Waals surface area contributed by atoms with Crippen LogP contribution in [0.5, 0.6) is 0 Å². The molecule has 1 amide bonds. The lowest BCUT2D eigenvalue weighted by Gasteiger charge is -2.41. The topological polar surface area (TPSA) is 128 Å². The van der Waals surface area contributed by atoms with Crippen molar-refractivity contribution in [2.75, 3.05) is 13.2 Å². The summed E-state index contributed by atoms with van der Waals surface area (Å²) in [6.07, 6.45) is -3.42. The Labute approximate surface area is 97.6 Å². The molecule has 0 radical (unpaired) electrons. The first-order valence-electron chi connectivity index (χ1n) is 5.20. The number of ether oxygens (including phenoxy) is 1. The second-order valence-electron chi connectivity index (χ2n) is 3.92. The van der Waals surface area contributed by atoms with Crippen LogP contribution in [0.15, 0.2) is 5.18 Å². The molecular formula is C9H16N2O6. The zero-order valence-corrected chi connectivity index (χ0v) is 9.31. The summed E-state index contributed by atoms with van der Waals surface area (Å²) in [6, 6.07) is -0.909. The molecule has 1 aliphatic heterocycles. The molecule has 4 N–H and O–H groups in total. The number of hydrogen-bond donors (Lipinski definition) is 4. The Bertz CT molecular complexity index is 287. The fraction of sp³-hybridized carbons (Fsp3) is 0.889. The van der Waals surface area contributed by atoms with Crippen LogP contribution in [0.3, 0.4) is 0 Å². The Morgan fingerprint density at radius 1 is 1.41 bits per heavy atom. The molecule has 98 valence electrons. The zero-order valence-electron chi connectivity index (χ0n) is 9.31. The van der Waals surface area contributed by atoms with Gasteiger partial charge in [-0.25, -0.2) is 0 Å². The third-order valence-electron chi connectivity index (χ3n) is 2.77. The van der Waals surface area contributed by atoms with Crippen LogP contribution in [0.2, 0.25) is 0 Å². The number of aliphatic hydroxyl groups is 3. The summed E-state index contributed by atoms with van der Waals surface area (Å²) in [5, 5.41) is 33.0. The SMILES string of the molecule is CC(=O)N[C@H]1C(N=O)O[C@H](CO)[C@H](O)[C@@H]1CO. The van der Waals surface area contributed by atoms with Gasteiger partial charge in [-0.1, -0.05) is 0 Å². The average molecular weight is 248 g/mol. The summed E-state index contributed by atoms with van der Waals surface area (Å²) < 4.78 is 5.04. The molecule has 1 aliphatic rings. The van der Waals surface area contributed by atoms with Crippen LogP contribution in [0, 0.1) is 10.8 Å². The number of nitrogens with one attached hydrogen (secondary N) is 1. The van der Waals surface area contributed by atoms with E-state index in [1.54, 1.807) is 0 Å². The summed E-state index contributed by atoms with van der Waals surface area (Å²) in [5.41, 5.74) is 0. The van der Waals surface area contributed by atoms with Crippen molar-refractivity contribution < 1.29 is 24.9 Å². The van der Waals surface area contributed by atoms with Gasteiger partial charge in [-0.2, -0.15) is 0 Å². The van der Waals surface area contributed by atoms with Crippen LogP contribution >= 0.6 is 0 Å². The number of rotatable bonds is 4. The van der Waals surface area contributed by atoms with Gasteiger partial charge in [0.05, 0.1) is 25.4 Å². The van der Waals surface area contributed by atoms with Crippen molar-refractivity contribution in [1.29, 1.82) is 0 Å². The molecule has 1 heterocycles. The van der Waals surface area contributed by atoms with Gasteiger partial charge in [0, 0.05) is 12.8 Å². The highest BCUT2D eigenvalue weighted by molar-refractivity contribution is 5.73. The highest BCUT2D eigenvalue weighted by Gasteiger charge is 2.45. The Morgan fingerprint density at radius 2 is 2.06 bits per heavy atom. The number of aliphatic hydroxyl groups excluding tert-OH is 3. The van der Waals surface area contributed by atoms with Crippen molar-refractivity contribution >= 4 is 5.91 Å². The molecule has 1 rings (SSSR count). The lowest BCUT2D eigenvalue weighted by molar-refractivity contribution is -0.179. The molecule has 5 atom stereocenters. The molecule has 0 spiro atoms. The zero-order chi connectivity index (χ0) is 13.0. The van der Waals surface area contributed by atoms with Crippen molar-refractivity contribution in [3.05, 3.63) is 4.91 Å². The van der Waals surface area contributed by atoms with Gasteiger partial charge in [-0.15, -0.1) is 4.91 Å². The van der Waals surface area contributed by atoms with Gasteiger partial charge >= 0.3 is 0 Å². The van der Waals surface area contributed by atoms with Crippen molar-refractivity contribution in [2.45, 2.75) is 31.4 Å². The molecule has 8 nitrogen and oxygen atoms in total. The van der Waals surface area contributed by atoms with Crippen LogP contribution in [0.1, 0.15) is 6.92 Å². The third-order valence-corrected chi connectivity index (χ3v) is 2.77. The molecule has 8 heteroatoms. The Balaban J connectivity index is 2.89. The minimum absolute atomic E-state index is 0.430. The van der Waals surface area contributed by atoms with Crippen molar-refractivity contribution in [3.8, 4) is 0 Å². The average Bonchev–Trinajstić information content (AvgIpc) is 2.29. The molecule has 1 fully saturated rings. The monoisotopic (exact) mass is 248 g/mol. The molecule has 1 unspecified atom stereocenters. The van der Waals surface area contributed by atoms with Gasteiger partial charge in [0.15, 0.2) is 0 Å². The molecule has 0 aromatic rings. The molecule has 0 saturated carbocycles. The third kappa shape index (κ3) is 2.97. The largest absolute Gasteiger partial charge is 0.396 e. The molecular weight excluding hydrogens is 232 g/mol. The van der Waals surface area contributed by atoms with Crippen molar-refractivity contribution in [3.63, 3.8) is 0 Å². The highest BCUT2D eigenvalue weighted by Crippen LogP contribution is 2.26. The quantitative estimate of drug-likeness (QED) is 0.424. The number of nitrogens with zero attached hydrogens (tertiary/aromatic N) is 1. The summed E-state index contributed by atoms with van der Waals surface area (Å²) >= 11 is 0. The van der Waals surface area contributed by atoms with Crippen molar-refractivity contribution in [2.24, 2.45) is 11.1 Å². The number of hydrogen-bond acceptors (Lipinski definition) is 7. The molecule has 0 aromatic heterocycles. The van der Waals surface area contributed by atoms with E-state index in [-0.39, 0.29) is 0 Å². The fourth-order valence-electron chi connectivity index (χ4n) is 1.92. The van der Waals surface area contributed by atoms with Gasteiger partial charge in [0.25, 0.3) is 0 Å². The molecule has 1 saturated heterocycles. The van der Waals surface area contributed by atoms with Gasteiger partial charge in [-0.3, -0.25) is 4.79 Å². The van der Waals surface area contributed by atoms with Crippen LogP contribution < -0.4 is 5.32 Å². The summed E-state index contributed by atoms with van der Waals surface area (Å²) in [4.78, 5) is 21.6. The van der Waals surface area contributed by atoms with Crippen LogP contribution in [-0.4, -0.2) is 58.9 Å². The van der Waals surface area contributed by atoms with E-state index in [9.17, 15) is 19.9 Å². The lowest BCUT2D eigenvalue weighted by atomic mass is 9.87. The van der Waals surface area contributed by atoms with E-state index < -0.39 is 49.5 Å². The highest BCUT2D eigenvalue weighted by atomic mass is 16.5. The maximum atomic E-state index is 11.0. The summed E-state index contributed by atoms with van der Waals surface area (Å²) in [5.74, 6) is -1.24. The van der Waals surface area contributed by atoms with Crippen LogP contribution in [-0.2, 0) is 9.53 Å². The molecule has 0 bridgehead atoms. The van der Waals surface area contributed by atoms with E-state index in [0.717, 1.165) is 0 Å². The number of carbonyl (C=O) groups is 1. The van der Waals surface area contributed by atoms with Crippen LogP contribution in [0.25, 0.3) is 0 Å². The minimum atomic E-state index is -1.24. The predicted octanol–water partition coefficient (Wildman–Crippen LogP) is -2.06. The maximum Gasteiger partial charge on any atom is 0.217 e. The number of nitroso groups, excluding NO2 is 1. The van der Waals surface area contributed by atoms with Crippen LogP contribution in [0.4, 0.5) is 0 Å². The van der Waals surface area contributed by atoms with Gasteiger partial charge in [0.1, 0.15) is 6.10 Å². The smallest absolute Gasteiger partial charge is 0.217 e. The summed E-state index contributed by atoms with van der Waals surface area (Å²) in [7, 11) is 0. The van der Waals surface area contributed by atoms with E-state index >= 15 is 0 Å². The van der Waals surface area contributed by atoms with Gasteiger partial charge in [-0.05, 0) is 5.18 Å². The first kappa shape index (κ1) is 14.0. The first-order valence-corrected chi connectivity index (χ1v) is 5.20. The van der Waals surface area contributed by atoms with E-state index in [2.05, 4.69) is 10.5 Å². The van der Waals surface area contributed by atoms with E-state index in [0.29, 0.717) is 0 Å². The Morgan fingerprint density at radius 3 is 2.47 bits per heavy atom. The minimum Gasteiger partial charge on any atom is -0.396 e. The number of amides is 1. The van der Waals surface area contributed by atoms with E-state index in [1.807, 2.05) is 0 Å². The standard InChI is InChI=1S/C9H16N2O6/c1-4(14)10-7-5(2-12)8(15)6(3-13)17-9(7)11-16/h5-9,12-13,15H,2-3H2,1H3,(H,10,14)/t5-,6-,7-,8-,9?/m1/s1. The van der Waals surface area contributed by atoms with Gasteiger partial charge in [0.2, 0.25) is 12.1 Å². The fourth-order valence-corrected chi connectivity index (χ4v) is 1.92. The number of carbonyl (C=O) groups excluding carboxylic acids is 1. The second kappa shape index (κ2) is 6.01. The molecule has 17 heavy (non-hydrogen) atoms. The summed E-state index contributed by atoms with van der Waals surface area (Å²) in [6.45, 7) is 0.273. The lowest BCUT2D eigenvalue weighted by Crippen LogP contribution is -2.61. The maximum absolute atomic E-state index is 11.0. The predicted molar refractivity (Wildman–Crippen MR) is 55.7 cm³/mol.